The number of allylic oxidation sites excluding steroid dienone is 2. The van der Waals surface area contributed by atoms with Gasteiger partial charge in [-0.25, -0.2) is 0 Å². The van der Waals surface area contributed by atoms with Crippen LogP contribution in [0.25, 0.3) is 0 Å². The lowest BCUT2D eigenvalue weighted by Crippen LogP contribution is -1.91. The van der Waals surface area contributed by atoms with Crippen LogP contribution in [-0.4, -0.2) is 5.75 Å². The summed E-state index contributed by atoms with van der Waals surface area (Å²) in [5.74, 6) is 1.34. The Labute approximate surface area is 69.1 Å². The van der Waals surface area contributed by atoms with Crippen LogP contribution in [0.5, 0.6) is 0 Å². The molecule has 0 radical (unpaired) electrons. The highest BCUT2D eigenvalue weighted by molar-refractivity contribution is 8.03. The van der Waals surface area contributed by atoms with Crippen molar-refractivity contribution >= 4 is 11.8 Å². The highest BCUT2D eigenvalue weighted by Gasteiger charge is 2.03. The van der Waals surface area contributed by atoms with E-state index in [1.807, 2.05) is 25.6 Å². The summed E-state index contributed by atoms with van der Waals surface area (Å²) in [5, 5.41) is 0. The molecule has 10 heavy (non-hydrogen) atoms. The van der Waals surface area contributed by atoms with Crippen LogP contribution in [0.4, 0.5) is 0 Å². The summed E-state index contributed by atoms with van der Waals surface area (Å²) in [4.78, 5) is 1.55. The molecule has 0 aliphatic carbocycles. The highest BCUT2D eigenvalue weighted by atomic mass is 32.2. The first-order valence-corrected chi connectivity index (χ1v) is 5.08. The molecule has 1 heteroatoms. The van der Waals surface area contributed by atoms with Crippen molar-refractivity contribution in [3.05, 3.63) is 10.5 Å². The van der Waals surface area contributed by atoms with Gasteiger partial charge in [0.2, 0.25) is 0 Å². The average Bonchev–Trinajstić information content (AvgIpc) is 2.00. The van der Waals surface area contributed by atoms with Gasteiger partial charge in [-0.3, -0.25) is 0 Å². The molecule has 1 rings (SSSR count). The van der Waals surface area contributed by atoms with Crippen molar-refractivity contribution in [2.75, 3.05) is 5.75 Å². The number of hydrogen-bond acceptors (Lipinski definition) is 1. The number of hydrogen-bond donors (Lipinski definition) is 0. The van der Waals surface area contributed by atoms with Gasteiger partial charge in [0.1, 0.15) is 0 Å². The van der Waals surface area contributed by atoms with Crippen LogP contribution in [0.1, 0.15) is 40.5 Å². The van der Waals surface area contributed by atoms with E-state index in [1.54, 1.807) is 10.5 Å². The molecule has 1 aliphatic rings. The maximum Gasteiger partial charge on any atom is -0.00203 e. The van der Waals surface area contributed by atoms with E-state index >= 15 is 0 Å². The molecule has 0 bridgehead atoms. The van der Waals surface area contributed by atoms with Gasteiger partial charge in [0, 0.05) is 0 Å². The zero-order chi connectivity index (χ0) is 7.98. The maximum absolute atomic E-state index is 2.24. The Balaban J connectivity index is 0.000000371. The first-order valence-electron chi connectivity index (χ1n) is 4.10. The Bertz CT molecular complexity index is 99.9. The minimum Gasteiger partial charge on any atom is -0.131 e. The monoisotopic (exact) mass is 158 g/mol. The van der Waals surface area contributed by atoms with Crippen molar-refractivity contribution in [2.45, 2.75) is 40.5 Å². The predicted octanol–water partition coefficient (Wildman–Crippen LogP) is 3.83. The van der Waals surface area contributed by atoms with Gasteiger partial charge in [-0.1, -0.05) is 19.4 Å². The minimum absolute atomic E-state index is 1.33. The molecule has 0 fully saturated rings. The van der Waals surface area contributed by atoms with E-state index in [1.165, 1.54) is 18.6 Å². The molecular formula is C9H18S. The molecule has 0 aromatic carbocycles. The molecule has 0 N–H and O–H groups in total. The summed E-state index contributed by atoms with van der Waals surface area (Å²) < 4.78 is 0. The Kier molecular flexibility index (Phi) is 5.90. The molecular weight excluding hydrogens is 140 g/mol. The minimum atomic E-state index is 1.33. The third kappa shape index (κ3) is 3.31. The first kappa shape index (κ1) is 10.1. The van der Waals surface area contributed by atoms with Gasteiger partial charge in [0.25, 0.3) is 0 Å². The fraction of sp³-hybridized carbons (Fsp3) is 0.778. The molecule has 0 unspecified atom stereocenters. The fourth-order valence-corrected chi connectivity index (χ4v) is 1.81. The molecule has 0 aromatic rings. The Morgan fingerprint density at radius 2 is 1.80 bits per heavy atom. The second-order valence-electron chi connectivity index (χ2n) is 2.29. The molecule has 0 aromatic heterocycles. The SMILES string of the molecule is CC.CC1=C(C)SCCC1. The summed E-state index contributed by atoms with van der Waals surface area (Å²) in [5.41, 5.74) is 1.60. The van der Waals surface area contributed by atoms with E-state index in [2.05, 4.69) is 13.8 Å². The lowest BCUT2D eigenvalue weighted by Gasteiger charge is -2.12. The van der Waals surface area contributed by atoms with Crippen LogP contribution in [0.2, 0.25) is 0 Å². The third-order valence-electron chi connectivity index (χ3n) is 1.62. The van der Waals surface area contributed by atoms with Gasteiger partial charge < -0.3 is 0 Å². The summed E-state index contributed by atoms with van der Waals surface area (Å²) in [6.45, 7) is 8.46. The molecule has 0 spiro atoms. The van der Waals surface area contributed by atoms with Gasteiger partial charge in [-0.05, 0) is 37.3 Å². The van der Waals surface area contributed by atoms with Crippen LogP contribution in [0.15, 0.2) is 10.5 Å². The van der Waals surface area contributed by atoms with E-state index < -0.39 is 0 Å². The van der Waals surface area contributed by atoms with Crippen LogP contribution in [-0.2, 0) is 0 Å². The maximum atomic E-state index is 2.24. The van der Waals surface area contributed by atoms with Gasteiger partial charge >= 0.3 is 0 Å². The van der Waals surface area contributed by atoms with E-state index in [0.717, 1.165) is 0 Å². The van der Waals surface area contributed by atoms with E-state index in [4.69, 9.17) is 0 Å². The third-order valence-corrected chi connectivity index (χ3v) is 2.89. The van der Waals surface area contributed by atoms with Gasteiger partial charge in [-0.2, -0.15) is 0 Å². The van der Waals surface area contributed by atoms with Crippen LogP contribution in [0.3, 0.4) is 0 Å². The predicted molar refractivity (Wildman–Crippen MR) is 51.4 cm³/mol. The lowest BCUT2D eigenvalue weighted by atomic mass is 10.2. The van der Waals surface area contributed by atoms with Crippen molar-refractivity contribution in [3.8, 4) is 0 Å². The molecule has 1 heterocycles. The summed E-state index contributed by atoms with van der Waals surface area (Å²) in [6.07, 6.45) is 2.71. The van der Waals surface area contributed by atoms with E-state index in [0.29, 0.717) is 0 Å². The zero-order valence-corrected chi connectivity index (χ0v) is 8.35. The summed E-state index contributed by atoms with van der Waals surface area (Å²) in [6, 6.07) is 0. The largest absolute Gasteiger partial charge is 0.131 e. The summed E-state index contributed by atoms with van der Waals surface area (Å²) >= 11 is 2.01. The number of rotatable bonds is 0. The first-order chi connectivity index (χ1) is 4.80. The molecule has 0 saturated carbocycles. The van der Waals surface area contributed by atoms with Crippen LogP contribution < -0.4 is 0 Å². The van der Waals surface area contributed by atoms with Crippen LogP contribution in [0, 0.1) is 0 Å². The van der Waals surface area contributed by atoms with Gasteiger partial charge in [-0.15, -0.1) is 11.8 Å². The van der Waals surface area contributed by atoms with Crippen molar-refractivity contribution in [2.24, 2.45) is 0 Å². The van der Waals surface area contributed by atoms with E-state index in [9.17, 15) is 0 Å². The van der Waals surface area contributed by atoms with Gasteiger partial charge in [0.15, 0.2) is 0 Å². The van der Waals surface area contributed by atoms with Crippen molar-refractivity contribution in [1.29, 1.82) is 0 Å². The molecule has 60 valence electrons. The smallest absolute Gasteiger partial charge is 0.00203 e. The van der Waals surface area contributed by atoms with Crippen molar-refractivity contribution in [3.63, 3.8) is 0 Å². The van der Waals surface area contributed by atoms with Crippen molar-refractivity contribution in [1.82, 2.24) is 0 Å². The lowest BCUT2D eigenvalue weighted by molar-refractivity contribution is 0.898. The Morgan fingerprint density at radius 1 is 1.20 bits per heavy atom. The normalized spacial score (nSPS) is 18.0. The summed E-state index contributed by atoms with van der Waals surface area (Å²) in [7, 11) is 0. The molecule has 1 aliphatic heterocycles. The Hall–Kier alpha value is 0.0900. The average molecular weight is 158 g/mol. The quantitative estimate of drug-likeness (QED) is 0.516. The topological polar surface area (TPSA) is 0 Å². The van der Waals surface area contributed by atoms with E-state index in [-0.39, 0.29) is 0 Å². The molecule has 0 nitrogen and oxygen atoms in total. The molecule has 0 atom stereocenters. The second kappa shape index (κ2) is 5.84. The number of thioether (sulfide) groups is 1. The molecule has 0 amide bonds. The fourth-order valence-electron chi connectivity index (χ4n) is 0.862. The second-order valence-corrected chi connectivity index (χ2v) is 3.60. The van der Waals surface area contributed by atoms with Crippen molar-refractivity contribution < 1.29 is 0 Å². The zero-order valence-electron chi connectivity index (χ0n) is 7.53. The Morgan fingerprint density at radius 3 is 2.10 bits per heavy atom. The van der Waals surface area contributed by atoms with Gasteiger partial charge in [0.05, 0.1) is 0 Å². The standard InChI is InChI=1S/C7H12S.C2H6/c1-6-4-3-5-8-7(6)2;1-2/h3-5H2,1-2H3;1-2H3. The van der Waals surface area contributed by atoms with Crippen LogP contribution >= 0.6 is 11.8 Å². The molecule has 0 saturated heterocycles. The highest BCUT2D eigenvalue weighted by Crippen LogP contribution is 2.28.